The first-order valence-electron chi connectivity index (χ1n) is 8.56. The van der Waals surface area contributed by atoms with Crippen molar-refractivity contribution >= 4 is 24.2 Å². The standard InChI is InChI=1S/C17H23F3N4O2.ClH/c1-11-13(5-6-14(23-11)17(18,19)20)16(26)24-9-3-2-4-12(24)10-22-15(25)7-8-21;/h5-6,12H,2-4,7-10,21H2,1H3,(H,22,25);1H. The number of nitrogens with one attached hydrogen (secondary N) is 1. The Morgan fingerprint density at radius 3 is 2.63 bits per heavy atom. The van der Waals surface area contributed by atoms with Crippen LogP contribution in [-0.4, -0.2) is 47.4 Å². The summed E-state index contributed by atoms with van der Waals surface area (Å²) in [7, 11) is 0. The molecule has 1 aliphatic heterocycles. The average molecular weight is 409 g/mol. The highest BCUT2D eigenvalue weighted by molar-refractivity contribution is 5.95. The summed E-state index contributed by atoms with van der Waals surface area (Å²) in [6, 6.07) is 1.80. The molecule has 1 aromatic heterocycles. The molecule has 2 heterocycles. The first-order chi connectivity index (χ1) is 12.2. The third kappa shape index (κ3) is 6.07. The van der Waals surface area contributed by atoms with Crippen LogP contribution in [-0.2, 0) is 11.0 Å². The second kappa shape index (κ2) is 9.89. The van der Waals surface area contributed by atoms with Gasteiger partial charge in [-0.2, -0.15) is 13.2 Å². The fourth-order valence-corrected chi connectivity index (χ4v) is 3.03. The van der Waals surface area contributed by atoms with Crippen LogP contribution >= 0.6 is 12.4 Å². The van der Waals surface area contributed by atoms with Crippen LogP contribution in [0.4, 0.5) is 13.2 Å². The largest absolute Gasteiger partial charge is 0.433 e. The molecule has 1 aliphatic rings. The minimum atomic E-state index is -4.55. The number of likely N-dealkylation sites (tertiary alicyclic amines) is 1. The van der Waals surface area contributed by atoms with Crippen LogP contribution in [0.25, 0.3) is 0 Å². The smallest absolute Gasteiger partial charge is 0.354 e. The Labute approximate surface area is 162 Å². The number of aryl methyl sites for hydroxylation is 1. The zero-order valence-electron chi connectivity index (χ0n) is 15.0. The Morgan fingerprint density at radius 2 is 2.04 bits per heavy atom. The Bertz CT molecular complexity index is 670. The van der Waals surface area contributed by atoms with E-state index in [-0.39, 0.29) is 54.5 Å². The highest BCUT2D eigenvalue weighted by Gasteiger charge is 2.34. The number of rotatable bonds is 5. The average Bonchev–Trinajstić information content (AvgIpc) is 2.59. The molecule has 6 nitrogen and oxygen atoms in total. The van der Waals surface area contributed by atoms with Gasteiger partial charge in [-0.05, 0) is 38.3 Å². The number of alkyl halides is 3. The van der Waals surface area contributed by atoms with Crippen molar-refractivity contribution in [3.05, 3.63) is 29.1 Å². The summed E-state index contributed by atoms with van der Waals surface area (Å²) in [4.78, 5) is 29.6. The van der Waals surface area contributed by atoms with Gasteiger partial charge in [-0.25, -0.2) is 4.98 Å². The lowest BCUT2D eigenvalue weighted by Crippen LogP contribution is -2.49. The predicted octanol–water partition coefficient (Wildman–Crippen LogP) is 2.29. The van der Waals surface area contributed by atoms with Crippen molar-refractivity contribution in [3.63, 3.8) is 0 Å². The molecule has 27 heavy (non-hydrogen) atoms. The molecule has 0 aliphatic carbocycles. The third-order valence-corrected chi connectivity index (χ3v) is 4.40. The molecule has 0 radical (unpaired) electrons. The first-order valence-corrected chi connectivity index (χ1v) is 8.56. The summed E-state index contributed by atoms with van der Waals surface area (Å²) < 4.78 is 38.2. The molecule has 1 atom stereocenters. The van der Waals surface area contributed by atoms with E-state index in [1.165, 1.54) is 13.0 Å². The Hall–Kier alpha value is -1.87. The number of aromatic nitrogens is 1. The van der Waals surface area contributed by atoms with Gasteiger partial charge in [-0.1, -0.05) is 0 Å². The van der Waals surface area contributed by atoms with Crippen molar-refractivity contribution in [2.75, 3.05) is 19.6 Å². The van der Waals surface area contributed by atoms with E-state index < -0.39 is 11.9 Å². The minimum absolute atomic E-state index is 0. The zero-order chi connectivity index (χ0) is 19.3. The number of nitrogens with two attached hydrogens (primary N) is 1. The van der Waals surface area contributed by atoms with Crippen LogP contribution in [0.2, 0.25) is 0 Å². The van der Waals surface area contributed by atoms with Crippen LogP contribution in [0.3, 0.4) is 0 Å². The van der Waals surface area contributed by atoms with E-state index in [1.54, 1.807) is 4.90 Å². The van der Waals surface area contributed by atoms with Crippen LogP contribution in [0.15, 0.2) is 12.1 Å². The zero-order valence-corrected chi connectivity index (χ0v) is 15.8. The number of carbonyl (C=O) groups excluding carboxylic acids is 2. The Kier molecular flexibility index (Phi) is 8.49. The first kappa shape index (κ1) is 23.2. The van der Waals surface area contributed by atoms with E-state index in [4.69, 9.17) is 5.73 Å². The number of piperidine rings is 1. The summed E-state index contributed by atoms with van der Waals surface area (Å²) in [5, 5.41) is 2.76. The number of carbonyl (C=O) groups is 2. The van der Waals surface area contributed by atoms with Crippen molar-refractivity contribution in [3.8, 4) is 0 Å². The second-order valence-electron chi connectivity index (χ2n) is 6.32. The molecule has 1 unspecified atom stereocenters. The molecule has 0 spiro atoms. The third-order valence-electron chi connectivity index (χ3n) is 4.40. The topological polar surface area (TPSA) is 88.3 Å². The van der Waals surface area contributed by atoms with E-state index in [2.05, 4.69) is 10.3 Å². The molecule has 1 saturated heterocycles. The number of halogens is 4. The summed E-state index contributed by atoms with van der Waals surface area (Å²) in [5.41, 5.74) is 4.51. The quantitative estimate of drug-likeness (QED) is 0.782. The van der Waals surface area contributed by atoms with E-state index in [0.29, 0.717) is 13.1 Å². The highest BCUT2D eigenvalue weighted by atomic mass is 35.5. The molecule has 10 heteroatoms. The van der Waals surface area contributed by atoms with Crippen molar-refractivity contribution in [2.24, 2.45) is 5.73 Å². The van der Waals surface area contributed by atoms with Crippen molar-refractivity contribution < 1.29 is 22.8 Å². The Balaban J connectivity index is 0.00000364. The lowest BCUT2D eigenvalue weighted by Gasteiger charge is -2.36. The number of hydrogen-bond donors (Lipinski definition) is 2. The monoisotopic (exact) mass is 408 g/mol. The summed E-state index contributed by atoms with van der Waals surface area (Å²) >= 11 is 0. The number of pyridine rings is 1. The summed E-state index contributed by atoms with van der Waals surface area (Å²) in [6.45, 7) is 2.44. The molecular weight excluding hydrogens is 385 g/mol. The predicted molar refractivity (Wildman–Crippen MR) is 96.6 cm³/mol. The van der Waals surface area contributed by atoms with E-state index in [0.717, 1.165) is 25.3 Å². The van der Waals surface area contributed by atoms with Gasteiger partial charge in [0, 0.05) is 32.1 Å². The summed E-state index contributed by atoms with van der Waals surface area (Å²) in [5.74, 6) is -0.542. The van der Waals surface area contributed by atoms with Gasteiger partial charge in [0.1, 0.15) is 5.69 Å². The van der Waals surface area contributed by atoms with Crippen LogP contribution in [0.5, 0.6) is 0 Å². The number of amides is 2. The molecule has 0 aromatic carbocycles. The molecule has 2 amide bonds. The Morgan fingerprint density at radius 1 is 1.33 bits per heavy atom. The molecule has 0 saturated carbocycles. The van der Waals surface area contributed by atoms with Gasteiger partial charge < -0.3 is 16.0 Å². The molecule has 2 rings (SSSR count). The second-order valence-corrected chi connectivity index (χ2v) is 6.32. The van der Waals surface area contributed by atoms with Gasteiger partial charge in [-0.15, -0.1) is 12.4 Å². The van der Waals surface area contributed by atoms with Crippen LogP contribution in [0.1, 0.15) is 47.4 Å². The number of hydrogen-bond acceptors (Lipinski definition) is 4. The lowest BCUT2D eigenvalue weighted by atomic mass is 10.00. The molecule has 1 fully saturated rings. The van der Waals surface area contributed by atoms with Crippen molar-refractivity contribution in [1.29, 1.82) is 0 Å². The molecule has 152 valence electrons. The van der Waals surface area contributed by atoms with Gasteiger partial charge >= 0.3 is 6.18 Å². The maximum absolute atomic E-state index is 12.8. The summed E-state index contributed by atoms with van der Waals surface area (Å²) in [6.07, 6.45) is -1.88. The number of nitrogens with zero attached hydrogens (tertiary/aromatic N) is 2. The molecule has 0 bridgehead atoms. The molecular formula is C17H24ClF3N4O2. The lowest BCUT2D eigenvalue weighted by molar-refractivity contribution is -0.141. The van der Waals surface area contributed by atoms with Crippen LogP contribution < -0.4 is 11.1 Å². The maximum atomic E-state index is 12.8. The fourth-order valence-electron chi connectivity index (χ4n) is 3.03. The SMILES string of the molecule is Cc1nc(C(F)(F)F)ccc1C(=O)N1CCCCC1CNC(=O)CCN.Cl. The van der Waals surface area contributed by atoms with Gasteiger partial charge in [-0.3, -0.25) is 9.59 Å². The van der Waals surface area contributed by atoms with Crippen molar-refractivity contribution in [1.82, 2.24) is 15.2 Å². The maximum Gasteiger partial charge on any atom is 0.433 e. The van der Waals surface area contributed by atoms with Gasteiger partial charge in [0.15, 0.2) is 0 Å². The van der Waals surface area contributed by atoms with Crippen LogP contribution in [0, 0.1) is 6.92 Å². The van der Waals surface area contributed by atoms with Gasteiger partial charge in [0.2, 0.25) is 5.91 Å². The van der Waals surface area contributed by atoms with E-state index in [1.807, 2.05) is 0 Å². The minimum Gasteiger partial charge on any atom is -0.354 e. The van der Waals surface area contributed by atoms with Gasteiger partial charge in [0.05, 0.1) is 11.3 Å². The highest BCUT2D eigenvalue weighted by Crippen LogP contribution is 2.29. The normalized spacial score (nSPS) is 17.2. The molecule has 1 aromatic rings. The van der Waals surface area contributed by atoms with Crippen molar-refractivity contribution in [2.45, 2.75) is 44.8 Å². The van der Waals surface area contributed by atoms with E-state index in [9.17, 15) is 22.8 Å². The van der Waals surface area contributed by atoms with E-state index >= 15 is 0 Å². The fraction of sp³-hybridized carbons (Fsp3) is 0.588. The van der Waals surface area contributed by atoms with Gasteiger partial charge in [0.25, 0.3) is 5.91 Å². The molecule has 3 N–H and O–H groups in total.